The van der Waals surface area contributed by atoms with Gasteiger partial charge in [-0.05, 0) is 96.4 Å². The SMILES string of the molecule is CN(C)C(=O)c1cccc(-c2cccc(C[C@H](NC(=O)C3CCC(CN)CC3)C(=O)Nc3ccc(-c4nn[nH]n4)cc3)c2)c1.Cl. The first-order chi connectivity index (χ1) is 21.3. The second-order valence-corrected chi connectivity index (χ2v) is 11.5. The summed E-state index contributed by atoms with van der Waals surface area (Å²) in [4.78, 5) is 41.1. The monoisotopic (exact) mass is 630 g/mol. The van der Waals surface area contributed by atoms with E-state index in [4.69, 9.17) is 5.73 Å². The standard InChI is InChI=1S/C33H38N8O3.ClH/c1-41(2)33(44)27-8-4-7-26(19-27)25-6-3-5-22(17-25)18-29(36-31(42)24-11-9-21(20-34)10-12-24)32(43)35-28-15-13-23(14-16-28)30-37-39-40-38-30;/h3-8,13-17,19,21,24,29H,9-12,18,20,34H2,1-2H3,(H,35,43)(H,36,42)(H,37,38,39,40);1H/t21?,24?,29-;/m0./s1. The van der Waals surface area contributed by atoms with E-state index < -0.39 is 6.04 Å². The predicted molar refractivity (Wildman–Crippen MR) is 176 cm³/mol. The molecule has 3 amide bonds. The Balaban J connectivity index is 0.00000461. The van der Waals surface area contributed by atoms with E-state index >= 15 is 0 Å². The number of halogens is 1. The molecule has 5 rings (SSSR count). The Hall–Kier alpha value is -4.61. The molecule has 4 aromatic rings. The maximum absolute atomic E-state index is 13.7. The van der Waals surface area contributed by atoms with Gasteiger partial charge in [0, 0.05) is 43.2 Å². The van der Waals surface area contributed by atoms with Crippen LogP contribution in [-0.2, 0) is 16.0 Å². The number of aromatic amines is 1. The van der Waals surface area contributed by atoms with Gasteiger partial charge in [0.1, 0.15) is 6.04 Å². The molecule has 1 heterocycles. The molecule has 1 aliphatic carbocycles. The Bertz CT molecular complexity index is 1590. The van der Waals surface area contributed by atoms with Crippen molar-refractivity contribution in [1.82, 2.24) is 30.8 Å². The van der Waals surface area contributed by atoms with Gasteiger partial charge in [0.2, 0.25) is 17.6 Å². The number of anilines is 1. The Kier molecular flexibility index (Phi) is 11.4. The number of amides is 3. The Morgan fingerprint density at radius 1 is 0.933 bits per heavy atom. The first-order valence-corrected chi connectivity index (χ1v) is 14.9. The fraction of sp³-hybridized carbons (Fsp3) is 0.333. The average Bonchev–Trinajstić information content (AvgIpc) is 3.60. The van der Waals surface area contributed by atoms with E-state index in [1.165, 1.54) is 0 Å². The largest absolute Gasteiger partial charge is 0.345 e. The number of hydrogen-bond donors (Lipinski definition) is 4. The van der Waals surface area contributed by atoms with Crippen LogP contribution in [0, 0.1) is 11.8 Å². The number of nitrogens with one attached hydrogen (secondary N) is 3. The third kappa shape index (κ3) is 8.52. The molecule has 0 spiro atoms. The first kappa shape index (κ1) is 33.3. The molecule has 0 aliphatic heterocycles. The molecule has 1 fully saturated rings. The number of nitrogens with two attached hydrogens (primary N) is 1. The fourth-order valence-electron chi connectivity index (χ4n) is 5.58. The van der Waals surface area contributed by atoms with Crippen molar-refractivity contribution in [3.05, 3.63) is 83.9 Å². The molecule has 0 unspecified atom stereocenters. The lowest BCUT2D eigenvalue weighted by atomic mass is 9.81. The Labute approximate surface area is 268 Å². The van der Waals surface area contributed by atoms with Gasteiger partial charge in [0.15, 0.2) is 0 Å². The van der Waals surface area contributed by atoms with Gasteiger partial charge < -0.3 is 21.3 Å². The maximum Gasteiger partial charge on any atom is 0.253 e. The summed E-state index contributed by atoms with van der Waals surface area (Å²) in [6, 6.07) is 21.6. The minimum absolute atomic E-state index is 0. The molecule has 0 saturated heterocycles. The summed E-state index contributed by atoms with van der Waals surface area (Å²) in [5, 5.41) is 20.0. The van der Waals surface area contributed by atoms with E-state index in [2.05, 4.69) is 31.3 Å². The minimum Gasteiger partial charge on any atom is -0.345 e. The van der Waals surface area contributed by atoms with Crippen LogP contribution in [0.2, 0.25) is 0 Å². The zero-order valence-electron chi connectivity index (χ0n) is 25.4. The molecule has 0 bridgehead atoms. The topological polar surface area (TPSA) is 159 Å². The summed E-state index contributed by atoms with van der Waals surface area (Å²) in [5.74, 6) is 0.250. The molecule has 45 heavy (non-hydrogen) atoms. The van der Waals surface area contributed by atoms with Gasteiger partial charge in [-0.25, -0.2) is 0 Å². The molecule has 5 N–H and O–H groups in total. The van der Waals surface area contributed by atoms with Gasteiger partial charge in [-0.15, -0.1) is 22.6 Å². The van der Waals surface area contributed by atoms with Gasteiger partial charge in [-0.3, -0.25) is 14.4 Å². The number of benzene rings is 3. The second kappa shape index (κ2) is 15.4. The molecule has 236 valence electrons. The van der Waals surface area contributed by atoms with Crippen LogP contribution in [0.1, 0.15) is 41.6 Å². The number of carbonyl (C=O) groups is 3. The van der Waals surface area contributed by atoms with Crippen LogP contribution in [0.4, 0.5) is 5.69 Å². The molecule has 3 aromatic carbocycles. The summed E-state index contributed by atoms with van der Waals surface area (Å²) in [6.45, 7) is 0.632. The molecule has 1 aromatic heterocycles. The van der Waals surface area contributed by atoms with Crippen molar-refractivity contribution in [3.8, 4) is 22.5 Å². The van der Waals surface area contributed by atoms with Crippen LogP contribution in [0.3, 0.4) is 0 Å². The van der Waals surface area contributed by atoms with Crippen molar-refractivity contribution in [3.63, 3.8) is 0 Å². The van der Waals surface area contributed by atoms with Crippen LogP contribution in [-0.4, -0.2) is 69.9 Å². The molecular weight excluding hydrogens is 592 g/mol. The highest BCUT2D eigenvalue weighted by Crippen LogP contribution is 2.29. The maximum atomic E-state index is 13.7. The van der Waals surface area contributed by atoms with Gasteiger partial charge >= 0.3 is 0 Å². The smallest absolute Gasteiger partial charge is 0.253 e. The van der Waals surface area contributed by atoms with Crippen LogP contribution >= 0.6 is 12.4 Å². The van der Waals surface area contributed by atoms with Crippen LogP contribution in [0.5, 0.6) is 0 Å². The number of tetrazole rings is 1. The van der Waals surface area contributed by atoms with E-state index in [1.807, 2.05) is 42.5 Å². The van der Waals surface area contributed by atoms with E-state index in [0.29, 0.717) is 36.0 Å². The van der Waals surface area contributed by atoms with Gasteiger partial charge in [-0.2, -0.15) is 5.21 Å². The van der Waals surface area contributed by atoms with Crippen molar-refractivity contribution in [2.24, 2.45) is 17.6 Å². The zero-order chi connectivity index (χ0) is 31.1. The lowest BCUT2D eigenvalue weighted by molar-refractivity contribution is -0.130. The normalized spacial score (nSPS) is 16.6. The highest BCUT2D eigenvalue weighted by atomic mass is 35.5. The highest BCUT2D eigenvalue weighted by molar-refractivity contribution is 5.98. The van der Waals surface area contributed by atoms with Crippen LogP contribution < -0.4 is 16.4 Å². The number of aromatic nitrogens is 4. The van der Waals surface area contributed by atoms with Crippen molar-refractivity contribution in [1.29, 1.82) is 0 Å². The highest BCUT2D eigenvalue weighted by Gasteiger charge is 2.29. The third-order valence-corrected chi connectivity index (χ3v) is 8.16. The van der Waals surface area contributed by atoms with Crippen LogP contribution in [0.25, 0.3) is 22.5 Å². The van der Waals surface area contributed by atoms with Gasteiger partial charge in [-0.1, -0.05) is 36.4 Å². The summed E-state index contributed by atoms with van der Waals surface area (Å²) < 4.78 is 0. The molecule has 1 aliphatic rings. The van der Waals surface area contributed by atoms with Crippen LogP contribution in [0.15, 0.2) is 72.8 Å². The fourth-order valence-corrected chi connectivity index (χ4v) is 5.58. The third-order valence-electron chi connectivity index (χ3n) is 8.16. The lowest BCUT2D eigenvalue weighted by Gasteiger charge is -2.28. The molecule has 0 radical (unpaired) electrons. The van der Waals surface area contributed by atoms with Crippen molar-refractivity contribution in [2.75, 3.05) is 26.0 Å². The zero-order valence-corrected chi connectivity index (χ0v) is 26.2. The number of hydrogen-bond acceptors (Lipinski definition) is 7. The number of rotatable bonds is 10. The van der Waals surface area contributed by atoms with E-state index in [-0.39, 0.29) is 36.0 Å². The van der Waals surface area contributed by atoms with Crippen molar-refractivity contribution < 1.29 is 14.4 Å². The first-order valence-electron chi connectivity index (χ1n) is 14.9. The van der Waals surface area contributed by atoms with Crippen molar-refractivity contribution in [2.45, 2.75) is 38.1 Å². The van der Waals surface area contributed by atoms with Crippen molar-refractivity contribution >= 4 is 35.8 Å². The van der Waals surface area contributed by atoms with E-state index in [9.17, 15) is 14.4 Å². The minimum atomic E-state index is -0.802. The number of nitrogens with zero attached hydrogens (tertiary/aromatic N) is 4. The average molecular weight is 631 g/mol. The predicted octanol–water partition coefficient (Wildman–Crippen LogP) is 4.09. The summed E-state index contributed by atoms with van der Waals surface area (Å²) in [5.41, 5.74) is 10.5. The molecular formula is C33H39ClN8O3. The molecule has 11 nitrogen and oxygen atoms in total. The number of carbonyl (C=O) groups excluding carboxylic acids is 3. The van der Waals surface area contributed by atoms with Gasteiger partial charge in [0.05, 0.1) is 0 Å². The molecule has 1 saturated carbocycles. The quantitative estimate of drug-likeness (QED) is 0.205. The van der Waals surface area contributed by atoms with E-state index in [1.54, 1.807) is 49.3 Å². The lowest BCUT2D eigenvalue weighted by Crippen LogP contribution is -2.48. The number of H-pyrrole nitrogens is 1. The second-order valence-electron chi connectivity index (χ2n) is 11.5. The molecule has 12 heteroatoms. The Morgan fingerprint density at radius 2 is 1.62 bits per heavy atom. The summed E-state index contributed by atoms with van der Waals surface area (Å²) in [7, 11) is 3.45. The van der Waals surface area contributed by atoms with E-state index in [0.717, 1.165) is 47.9 Å². The summed E-state index contributed by atoms with van der Waals surface area (Å²) in [6.07, 6.45) is 3.64. The molecule has 1 atom stereocenters. The summed E-state index contributed by atoms with van der Waals surface area (Å²) >= 11 is 0. The van der Waals surface area contributed by atoms with Gasteiger partial charge in [0.25, 0.3) is 5.91 Å². The Morgan fingerprint density at radius 3 is 2.27 bits per heavy atom.